The number of hydrogen-bond donors (Lipinski definition) is 2. The monoisotopic (exact) mass is 571 g/mol. The summed E-state index contributed by atoms with van der Waals surface area (Å²) >= 11 is 9.17. The third-order valence-corrected chi connectivity index (χ3v) is 5.81. The second-order valence-electron chi connectivity index (χ2n) is 7.47. The van der Waals surface area contributed by atoms with Crippen molar-refractivity contribution in [3.63, 3.8) is 0 Å². The van der Waals surface area contributed by atoms with Gasteiger partial charge in [0.2, 0.25) is 0 Å². The number of imide groups is 2. The van der Waals surface area contributed by atoms with Crippen molar-refractivity contribution in [1.82, 2.24) is 5.32 Å². The van der Waals surface area contributed by atoms with E-state index in [-0.39, 0.29) is 23.8 Å². The summed E-state index contributed by atoms with van der Waals surface area (Å²) in [6, 6.07) is 15.1. The molecular weight excluding hydrogens is 557 g/mol. The number of benzene rings is 3. The predicted octanol–water partition coefficient (Wildman–Crippen LogP) is 4.93. The highest BCUT2D eigenvalue weighted by molar-refractivity contribution is 9.10. The zero-order valence-corrected chi connectivity index (χ0v) is 20.6. The first-order valence-corrected chi connectivity index (χ1v) is 11.5. The summed E-state index contributed by atoms with van der Waals surface area (Å²) in [7, 11) is 0. The van der Waals surface area contributed by atoms with Crippen LogP contribution in [0.15, 0.2) is 76.8 Å². The molecule has 1 aliphatic rings. The summed E-state index contributed by atoms with van der Waals surface area (Å²) < 4.78 is 19.3. The Labute approximate surface area is 217 Å². The van der Waals surface area contributed by atoms with Gasteiger partial charge in [0.15, 0.2) is 6.61 Å². The fraction of sp³-hybridized carbons (Fsp3) is 0.0400. The summed E-state index contributed by atoms with van der Waals surface area (Å²) in [6.07, 6.45) is 1.31. The Morgan fingerprint density at radius 3 is 2.42 bits per heavy atom. The van der Waals surface area contributed by atoms with Gasteiger partial charge in [0, 0.05) is 10.7 Å². The van der Waals surface area contributed by atoms with E-state index in [1.54, 1.807) is 42.5 Å². The predicted molar refractivity (Wildman–Crippen MR) is 135 cm³/mol. The number of amides is 5. The van der Waals surface area contributed by atoms with Crippen LogP contribution in [0, 0.1) is 5.82 Å². The van der Waals surface area contributed by atoms with E-state index in [2.05, 4.69) is 26.6 Å². The number of halogens is 3. The first-order chi connectivity index (χ1) is 17.2. The Balaban J connectivity index is 1.47. The lowest BCUT2D eigenvalue weighted by Crippen LogP contribution is -2.54. The molecule has 8 nitrogen and oxygen atoms in total. The highest BCUT2D eigenvalue weighted by Gasteiger charge is 2.36. The number of urea groups is 1. The Hall–Kier alpha value is -4.02. The molecule has 36 heavy (non-hydrogen) atoms. The normalized spacial score (nSPS) is 14.6. The van der Waals surface area contributed by atoms with E-state index in [0.717, 1.165) is 17.0 Å². The Morgan fingerprint density at radius 2 is 1.75 bits per heavy atom. The number of rotatable bonds is 6. The molecule has 0 atom stereocenters. The number of nitrogens with one attached hydrogen (secondary N) is 2. The smallest absolute Gasteiger partial charge is 0.335 e. The maximum Gasteiger partial charge on any atom is 0.335 e. The molecule has 182 valence electrons. The zero-order valence-electron chi connectivity index (χ0n) is 18.3. The summed E-state index contributed by atoms with van der Waals surface area (Å²) in [5.41, 5.74) is 0.838. The molecule has 3 aromatic rings. The quantitative estimate of drug-likeness (QED) is 0.322. The summed E-state index contributed by atoms with van der Waals surface area (Å²) in [4.78, 5) is 50.4. The highest BCUT2D eigenvalue weighted by Crippen LogP contribution is 2.28. The van der Waals surface area contributed by atoms with E-state index in [0.29, 0.717) is 26.5 Å². The molecule has 2 N–H and O–H groups in total. The molecule has 11 heteroatoms. The van der Waals surface area contributed by atoms with Gasteiger partial charge < -0.3 is 10.1 Å². The first-order valence-electron chi connectivity index (χ1n) is 10.4. The zero-order chi connectivity index (χ0) is 25.8. The summed E-state index contributed by atoms with van der Waals surface area (Å²) in [5, 5.41) is 5.32. The van der Waals surface area contributed by atoms with E-state index in [1.807, 2.05) is 0 Å². The minimum Gasteiger partial charge on any atom is -0.483 e. The van der Waals surface area contributed by atoms with Crippen LogP contribution < -0.4 is 20.3 Å². The number of barbiturate groups is 1. The maximum absolute atomic E-state index is 13.2. The van der Waals surface area contributed by atoms with Gasteiger partial charge in [-0.2, -0.15) is 0 Å². The average molecular weight is 573 g/mol. The molecule has 0 radical (unpaired) electrons. The van der Waals surface area contributed by atoms with Crippen molar-refractivity contribution < 1.29 is 28.3 Å². The Kier molecular flexibility index (Phi) is 7.47. The molecule has 1 fully saturated rings. The lowest BCUT2D eigenvalue weighted by atomic mass is 10.1. The average Bonchev–Trinajstić information content (AvgIpc) is 2.84. The molecule has 0 spiro atoms. The largest absolute Gasteiger partial charge is 0.483 e. The molecular formula is C25H16BrClFN3O5. The van der Waals surface area contributed by atoms with Crippen molar-refractivity contribution in [2.75, 3.05) is 16.8 Å². The van der Waals surface area contributed by atoms with Crippen molar-refractivity contribution >= 4 is 68.7 Å². The topological polar surface area (TPSA) is 105 Å². The van der Waals surface area contributed by atoms with E-state index >= 15 is 0 Å². The van der Waals surface area contributed by atoms with Crippen LogP contribution >= 0.6 is 27.5 Å². The van der Waals surface area contributed by atoms with Crippen molar-refractivity contribution in [1.29, 1.82) is 0 Å². The van der Waals surface area contributed by atoms with Gasteiger partial charge in [0.1, 0.15) is 17.1 Å². The van der Waals surface area contributed by atoms with Crippen molar-refractivity contribution in [3.05, 3.63) is 93.2 Å². The lowest BCUT2D eigenvalue weighted by molar-refractivity contribution is -0.122. The molecule has 0 saturated carbocycles. The summed E-state index contributed by atoms with van der Waals surface area (Å²) in [6.45, 7) is -0.267. The van der Waals surface area contributed by atoms with E-state index in [1.165, 1.54) is 18.2 Å². The van der Waals surface area contributed by atoms with Crippen LogP contribution in [0.1, 0.15) is 5.56 Å². The standard InChI is InChI=1S/C25H16BrClFN3O5/c26-20-12-14(1-10-21(20)36-13-22(32)29-17-6-2-15(27)3-7-17)11-19-23(33)30-25(35)31(24(19)34)18-8-4-16(28)5-9-18/h1-12H,13H2,(H,29,32)(H,30,33,35)/b19-11+. The van der Waals surface area contributed by atoms with Crippen LogP contribution in [0.4, 0.5) is 20.6 Å². The van der Waals surface area contributed by atoms with Gasteiger partial charge in [-0.25, -0.2) is 14.1 Å². The molecule has 5 amide bonds. The minimum atomic E-state index is -0.935. The van der Waals surface area contributed by atoms with Crippen molar-refractivity contribution in [2.45, 2.75) is 0 Å². The molecule has 1 saturated heterocycles. The molecule has 0 bridgehead atoms. The fourth-order valence-corrected chi connectivity index (χ4v) is 3.88. The molecule has 0 aliphatic carbocycles. The van der Waals surface area contributed by atoms with Gasteiger partial charge in [0.25, 0.3) is 17.7 Å². The van der Waals surface area contributed by atoms with Gasteiger partial charge in [-0.05, 0) is 88.2 Å². The molecule has 3 aromatic carbocycles. The maximum atomic E-state index is 13.2. The molecule has 4 rings (SSSR count). The van der Waals surface area contributed by atoms with Gasteiger partial charge in [-0.3, -0.25) is 19.7 Å². The second kappa shape index (κ2) is 10.7. The van der Waals surface area contributed by atoms with Crippen molar-refractivity contribution in [3.8, 4) is 5.75 Å². The minimum absolute atomic E-state index is 0.110. The number of carbonyl (C=O) groups excluding carboxylic acids is 4. The number of carbonyl (C=O) groups is 4. The Bertz CT molecular complexity index is 1390. The SMILES string of the molecule is O=C(COc1ccc(/C=C2\C(=O)NC(=O)N(c3ccc(F)cc3)C2=O)cc1Br)Nc1ccc(Cl)cc1. The van der Waals surface area contributed by atoms with Crippen LogP contribution in [0.25, 0.3) is 6.08 Å². The second-order valence-corrected chi connectivity index (χ2v) is 8.76. The number of anilines is 2. The number of nitrogens with zero attached hydrogens (tertiary/aromatic N) is 1. The van der Waals surface area contributed by atoms with Crippen LogP contribution in [-0.2, 0) is 14.4 Å². The van der Waals surface area contributed by atoms with E-state index < -0.39 is 23.7 Å². The molecule has 1 heterocycles. The third kappa shape index (κ3) is 5.78. The van der Waals surface area contributed by atoms with Crippen LogP contribution in [0.3, 0.4) is 0 Å². The molecule has 0 unspecified atom stereocenters. The van der Waals surface area contributed by atoms with Crippen LogP contribution in [-0.4, -0.2) is 30.4 Å². The lowest BCUT2D eigenvalue weighted by Gasteiger charge is -2.26. The number of ether oxygens (including phenoxy) is 1. The van der Waals surface area contributed by atoms with E-state index in [4.69, 9.17) is 16.3 Å². The van der Waals surface area contributed by atoms with E-state index in [9.17, 15) is 23.6 Å². The third-order valence-electron chi connectivity index (χ3n) is 4.94. The van der Waals surface area contributed by atoms with Crippen LogP contribution in [0.2, 0.25) is 5.02 Å². The Morgan fingerprint density at radius 1 is 1.06 bits per heavy atom. The molecule has 0 aromatic heterocycles. The van der Waals surface area contributed by atoms with Crippen LogP contribution in [0.5, 0.6) is 5.75 Å². The van der Waals surface area contributed by atoms with Gasteiger partial charge >= 0.3 is 6.03 Å². The van der Waals surface area contributed by atoms with Crippen molar-refractivity contribution in [2.24, 2.45) is 0 Å². The number of hydrogen-bond acceptors (Lipinski definition) is 5. The van der Waals surface area contributed by atoms with Gasteiger partial charge in [0.05, 0.1) is 10.2 Å². The van der Waals surface area contributed by atoms with Gasteiger partial charge in [-0.1, -0.05) is 17.7 Å². The fourth-order valence-electron chi connectivity index (χ4n) is 3.25. The highest BCUT2D eigenvalue weighted by atomic mass is 79.9. The first kappa shape index (κ1) is 25.1. The summed E-state index contributed by atoms with van der Waals surface area (Å²) in [5.74, 6) is -2.29. The molecule has 1 aliphatic heterocycles. The van der Waals surface area contributed by atoms with Gasteiger partial charge in [-0.15, -0.1) is 0 Å².